The number of esters is 1. The van der Waals surface area contributed by atoms with Crippen molar-refractivity contribution < 1.29 is 23.9 Å². The van der Waals surface area contributed by atoms with Gasteiger partial charge in [-0.15, -0.1) is 0 Å². The molecule has 0 bridgehead atoms. The Balaban J connectivity index is 1.79. The molecular weight excluding hydrogens is 302 g/mol. The van der Waals surface area contributed by atoms with Gasteiger partial charge in [0.05, 0.1) is 6.42 Å². The van der Waals surface area contributed by atoms with Gasteiger partial charge >= 0.3 is 12.0 Å². The highest BCUT2D eigenvalue weighted by Crippen LogP contribution is 2.10. The van der Waals surface area contributed by atoms with Gasteiger partial charge in [-0.1, -0.05) is 12.1 Å². The number of hydrogen-bond donors (Lipinski definition) is 2. The number of hydrogen-bond acceptors (Lipinski definition) is 5. The van der Waals surface area contributed by atoms with Crippen LogP contribution in [0.5, 0.6) is 0 Å². The minimum atomic E-state index is -0.565. The van der Waals surface area contributed by atoms with E-state index < -0.39 is 24.5 Å². The van der Waals surface area contributed by atoms with Gasteiger partial charge in [0.25, 0.3) is 5.91 Å². The van der Waals surface area contributed by atoms with Gasteiger partial charge in [-0.3, -0.25) is 19.3 Å². The van der Waals surface area contributed by atoms with Gasteiger partial charge in [0.1, 0.15) is 0 Å². The molecule has 0 aromatic heterocycles. The fourth-order valence-corrected chi connectivity index (χ4v) is 2.06. The normalized spacial score (nSPS) is 13.4. The number of carbonyl (C=O) groups is 4. The summed E-state index contributed by atoms with van der Waals surface area (Å²) in [6.07, 6.45) is -0.000171. The SMILES string of the molecule is CC(=O)Nc1ccc(CC(=O)OCC(=O)N2CCNC2=O)cc1. The molecule has 1 heterocycles. The summed E-state index contributed by atoms with van der Waals surface area (Å²) >= 11 is 0. The largest absolute Gasteiger partial charge is 0.455 e. The van der Waals surface area contributed by atoms with Crippen molar-refractivity contribution >= 4 is 29.5 Å². The van der Waals surface area contributed by atoms with Crippen molar-refractivity contribution in [1.82, 2.24) is 10.2 Å². The van der Waals surface area contributed by atoms with Crippen LogP contribution in [0.4, 0.5) is 10.5 Å². The molecule has 0 radical (unpaired) electrons. The van der Waals surface area contributed by atoms with Crippen molar-refractivity contribution in [2.75, 3.05) is 25.0 Å². The molecule has 1 aliphatic rings. The first-order valence-corrected chi connectivity index (χ1v) is 7.06. The Bertz CT molecular complexity index is 627. The second-order valence-electron chi connectivity index (χ2n) is 4.99. The molecule has 2 rings (SSSR count). The molecule has 0 saturated carbocycles. The highest BCUT2D eigenvalue weighted by molar-refractivity contribution is 5.97. The van der Waals surface area contributed by atoms with Crippen LogP contribution in [-0.2, 0) is 25.5 Å². The third-order valence-electron chi connectivity index (χ3n) is 3.14. The summed E-state index contributed by atoms with van der Waals surface area (Å²) < 4.78 is 4.88. The van der Waals surface area contributed by atoms with E-state index in [9.17, 15) is 19.2 Å². The standard InChI is InChI=1S/C15H17N3O5/c1-10(19)17-12-4-2-11(3-5-12)8-14(21)23-9-13(20)18-7-6-16-15(18)22/h2-5H,6-9H2,1H3,(H,16,22)(H,17,19). The average molecular weight is 319 g/mol. The topological polar surface area (TPSA) is 105 Å². The minimum Gasteiger partial charge on any atom is -0.455 e. The van der Waals surface area contributed by atoms with Gasteiger partial charge in [-0.25, -0.2) is 4.79 Å². The zero-order valence-corrected chi connectivity index (χ0v) is 12.6. The van der Waals surface area contributed by atoms with Crippen LogP contribution in [0.3, 0.4) is 0 Å². The Labute approximate surface area is 132 Å². The van der Waals surface area contributed by atoms with E-state index in [-0.39, 0.29) is 18.9 Å². The number of nitrogens with zero attached hydrogens (tertiary/aromatic N) is 1. The van der Waals surface area contributed by atoms with E-state index in [1.165, 1.54) is 6.92 Å². The lowest BCUT2D eigenvalue weighted by molar-refractivity contribution is -0.150. The molecule has 23 heavy (non-hydrogen) atoms. The van der Waals surface area contributed by atoms with E-state index in [0.29, 0.717) is 17.8 Å². The summed E-state index contributed by atoms with van der Waals surface area (Å²) in [4.78, 5) is 46.6. The number of rotatable bonds is 5. The lowest BCUT2D eigenvalue weighted by Crippen LogP contribution is -2.37. The number of imide groups is 1. The molecule has 1 aromatic carbocycles. The van der Waals surface area contributed by atoms with E-state index in [2.05, 4.69) is 10.6 Å². The van der Waals surface area contributed by atoms with Gasteiger partial charge in [-0.2, -0.15) is 0 Å². The number of nitrogens with one attached hydrogen (secondary N) is 2. The fourth-order valence-electron chi connectivity index (χ4n) is 2.06. The first-order chi connectivity index (χ1) is 11.0. The molecule has 1 aromatic rings. The first-order valence-electron chi connectivity index (χ1n) is 7.06. The maximum Gasteiger partial charge on any atom is 0.324 e. The summed E-state index contributed by atoms with van der Waals surface area (Å²) in [5, 5.41) is 5.11. The smallest absolute Gasteiger partial charge is 0.324 e. The van der Waals surface area contributed by atoms with Crippen LogP contribution >= 0.6 is 0 Å². The minimum absolute atomic E-state index is 0.000171. The van der Waals surface area contributed by atoms with Crippen LogP contribution in [0.2, 0.25) is 0 Å². The molecule has 1 saturated heterocycles. The van der Waals surface area contributed by atoms with Gasteiger partial charge in [0.15, 0.2) is 6.61 Å². The maximum absolute atomic E-state index is 11.7. The molecule has 0 atom stereocenters. The molecule has 122 valence electrons. The highest BCUT2D eigenvalue weighted by Gasteiger charge is 2.26. The molecular formula is C15H17N3O5. The average Bonchev–Trinajstić information content (AvgIpc) is 2.92. The zero-order chi connectivity index (χ0) is 16.8. The van der Waals surface area contributed by atoms with E-state index in [1.807, 2.05) is 0 Å². The molecule has 0 spiro atoms. The molecule has 1 fully saturated rings. The van der Waals surface area contributed by atoms with Crippen molar-refractivity contribution in [3.05, 3.63) is 29.8 Å². The second kappa shape index (κ2) is 7.39. The number of urea groups is 1. The summed E-state index contributed by atoms with van der Waals surface area (Å²) in [6, 6.07) is 6.23. The Morgan fingerprint density at radius 1 is 1.26 bits per heavy atom. The highest BCUT2D eigenvalue weighted by atomic mass is 16.5. The van der Waals surface area contributed by atoms with Crippen molar-refractivity contribution in [3.8, 4) is 0 Å². The molecule has 0 unspecified atom stereocenters. The van der Waals surface area contributed by atoms with Crippen LogP contribution in [0, 0.1) is 0 Å². The van der Waals surface area contributed by atoms with E-state index in [1.54, 1.807) is 24.3 Å². The van der Waals surface area contributed by atoms with Crippen molar-refractivity contribution in [1.29, 1.82) is 0 Å². The van der Waals surface area contributed by atoms with Gasteiger partial charge < -0.3 is 15.4 Å². The molecule has 4 amide bonds. The zero-order valence-electron chi connectivity index (χ0n) is 12.6. The monoisotopic (exact) mass is 319 g/mol. The number of amides is 4. The van der Waals surface area contributed by atoms with Crippen LogP contribution in [-0.4, -0.2) is 48.4 Å². The Kier molecular flexibility index (Phi) is 5.29. The lowest BCUT2D eigenvalue weighted by Gasteiger charge is -2.12. The summed E-state index contributed by atoms with van der Waals surface area (Å²) in [5.41, 5.74) is 1.32. The number of carbonyl (C=O) groups excluding carboxylic acids is 4. The van der Waals surface area contributed by atoms with E-state index >= 15 is 0 Å². The summed E-state index contributed by atoms with van der Waals surface area (Å²) in [5.74, 6) is -1.29. The first kappa shape index (κ1) is 16.5. The van der Waals surface area contributed by atoms with Crippen LogP contribution < -0.4 is 10.6 Å². The number of anilines is 1. The third kappa shape index (κ3) is 4.80. The summed E-state index contributed by atoms with van der Waals surface area (Å²) in [7, 11) is 0. The van der Waals surface area contributed by atoms with Crippen molar-refractivity contribution in [2.24, 2.45) is 0 Å². The Morgan fingerprint density at radius 2 is 1.96 bits per heavy atom. The van der Waals surface area contributed by atoms with Gasteiger partial charge in [-0.05, 0) is 17.7 Å². The van der Waals surface area contributed by atoms with Crippen LogP contribution in [0.25, 0.3) is 0 Å². The van der Waals surface area contributed by atoms with Crippen molar-refractivity contribution in [3.63, 3.8) is 0 Å². The van der Waals surface area contributed by atoms with Gasteiger partial charge in [0, 0.05) is 25.7 Å². The van der Waals surface area contributed by atoms with Gasteiger partial charge in [0.2, 0.25) is 5.91 Å². The molecule has 1 aliphatic heterocycles. The lowest BCUT2D eigenvalue weighted by atomic mass is 10.1. The predicted molar refractivity (Wildman–Crippen MR) is 80.5 cm³/mol. The molecule has 8 heteroatoms. The van der Waals surface area contributed by atoms with E-state index in [4.69, 9.17) is 4.74 Å². The number of ether oxygens (including phenoxy) is 1. The molecule has 0 aliphatic carbocycles. The van der Waals surface area contributed by atoms with Crippen LogP contribution in [0.1, 0.15) is 12.5 Å². The predicted octanol–water partition coefficient (Wildman–Crippen LogP) is 0.282. The molecule has 2 N–H and O–H groups in total. The fraction of sp³-hybridized carbons (Fsp3) is 0.333. The van der Waals surface area contributed by atoms with E-state index in [0.717, 1.165) is 4.90 Å². The quantitative estimate of drug-likeness (QED) is 0.759. The third-order valence-corrected chi connectivity index (χ3v) is 3.14. The Morgan fingerprint density at radius 3 is 2.52 bits per heavy atom. The number of benzene rings is 1. The molecule has 8 nitrogen and oxygen atoms in total. The maximum atomic E-state index is 11.7. The Hall–Kier alpha value is -2.90. The van der Waals surface area contributed by atoms with Crippen molar-refractivity contribution in [2.45, 2.75) is 13.3 Å². The second-order valence-corrected chi connectivity index (χ2v) is 4.99. The summed E-state index contributed by atoms with van der Waals surface area (Å²) in [6.45, 7) is 1.62. The van der Waals surface area contributed by atoms with Crippen LogP contribution in [0.15, 0.2) is 24.3 Å².